The maximum Gasteiger partial charge on any atom is 0.124 e. The van der Waals surface area contributed by atoms with E-state index in [0.29, 0.717) is 12.6 Å². The molecule has 25 heavy (non-hydrogen) atoms. The molecular weight excluding hydrogens is 332 g/mol. The van der Waals surface area contributed by atoms with Crippen molar-refractivity contribution >= 4 is 11.6 Å². The molecule has 3 aliphatic heterocycles. The Kier molecular flexibility index (Phi) is 5.25. The van der Waals surface area contributed by atoms with Gasteiger partial charge in [0.2, 0.25) is 0 Å². The number of hydrogen-bond donors (Lipinski definition) is 1. The van der Waals surface area contributed by atoms with Crippen LogP contribution in [0.2, 0.25) is 5.02 Å². The lowest BCUT2D eigenvalue weighted by Gasteiger charge is -2.45. The zero-order valence-electron chi connectivity index (χ0n) is 14.5. The maximum atomic E-state index is 6.07. The molecule has 3 fully saturated rings. The summed E-state index contributed by atoms with van der Waals surface area (Å²) in [6.07, 6.45) is 2.68. The topological polar surface area (TPSA) is 24.5 Å². The van der Waals surface area contributed by atoms with E-state index in [2.05, 4.69) is 28.4 Å². The minimum absolute atomic E-state index is 0.564. The molecule has 0 radical (unpaired) electrons. The second-order valence-corrected chi connectivity index (χ2v) is 7.58. The van der Waals surface area contributed by atoms with Gasteiger partial charge in [-0.1, -0.05) is 41.9 Å². The van der Waals surface area contributed by atoms with Crippen molar-refractivity contribution in [1.82, 2.24) is 10.2 Å². The van der Waals surface area contributed by atoms with Crippen LogP contribution in [-0.4, -0.2) is 30.6 Å². The molecule has 2 aromatic carbocycles. The van der Waals surface area contributed by atoms with E-state index in [1.807, 2.05) is 30.3 Å². The zero-order chi connectivity index (χ0) is 17.1. The second-order valence-electron chi connectivity index (χ2n) is 7.15. The van der Waals surface area contributed by atoms with Crippen molar-refractivity contribution in [1.29, 1.82) is 0 Å². The third-order valence-corrected chi connectivity index (χ3v) is 5.74. The number of piperidine rings is 3. The van der Waals surface area contributed by atoms with E-state index in [1.165, 1.54) is 38.0 Å². The first-order valence-electron chi connectivity index (χ1n) is 9.19. The fraction of sp³-hybridized carbons (Fsp3) is 0.429. The second kappa shape index (κ2) is 7.77. The molecule has 4 heteroatoms. The summed E-state index contributed by atoms with van der Waals surface area (Å²) in [5.41, 5.74) is 2.36. The molecule has 3 nitrogen and oxygen atoms in total. The summed E-state index contributed by atoms with van der Waals surface area (Å²) in [7, 11) is 0. The molecule has 0 aliphatic carbocycles. The van der Waals surface area contributed by atoms with Crippen LogP contribution in [0.15, 0.2) is 48.5 Å². The molecular formula is C21H25ClN2O. The molecule has 3 aliphatic rings. The number of halogens is 1. The van der Waals surface area contributed by atoms with Crippen molar-refractivity contribution in [3.05, 3.63) is 64.7 Å². The van der Waals surface area contributed by atoms with E-state index in [0.717, 1.165) is 28.8 Å². The molecule has 0 spiro atoms. The molecule has 132 valence electrons. The van der Waals surface area contributed by atoms with Crippen LogP contribution >= 0.6 is 11.6 Å². The molecule has 2 aromatic rings. The van der Waals surface area contributed by atoms with Crippen LogP contribution in [0.4, 0.5) is 0 Å². The molecule has 1 atom stereocenters. The number of nitrogens with one attached hydrogen (secondary N) is 1. The number of nitrogens with zero attached hydrogens (tertiary/aromatic N) is 1. The Bertz CT molecular complexity index is 695. The van der Waals surface area contributed by atoms with E-state index in [9.17, 15) is 0 Å². The van der Waals surface area contributed by atoms with Gasteiger partial charge in [0.15, 0.2) is 0 Å². The average Bonchev–Trinajstić information content (AvgIpc) is 2.67. The lowest BCUT2D eigenvalue weighted by Crippen LogP contribution is -2.55. The summed E-state index contributed by atoms with van der Waals surface area (Å²) in [5.74, 6) is 1.80. The minimum atomic E-state index is 0.564. The van der Waals surface area contributed by atoms with E-state index >= 15 is 0 Å². The van der Waals surface area contributed by atoms with Gasteiger partial charge < -0.3 is 15.0 Å². The highest BCUT2D eigenvalue weighted by atomic mass is 35.5. The third kappa shape index (κ3) is 4.17. The predicted molar refractivity (Wildman–Crippen MR) is 102 cm³/mol. The molecule has 1 N–H and O–H groups in total. The Balaban J connectivity index is 1.36. The van der Waals surface area contributed by atoms with E-state index < -0.39 is 0 Å². The lowest BCUT2D eigenvalue weighted by molar-refractivity contribution is 0.0718. The van der Waals surface area contributed by atoms with Crippen molar-refractivity contribution in [2.24, 2.45) is 5.92 Å². The van der Waals surface area contributed by atoms with Crippen LogP contribution in [0, 0.1) is 5.92 Å². The normalized spacial score (nSPS) is 25.1. The first-order valence-corrected chi connectivity index (χ1v) is 9.56. The van der Waals surface area contributed by atoms with Crippen LogP contribution in [-0.2, 0) is 13.2 Å². The van der Waals surface area contributed by atoms with Crippen LogP contribution < -0.4 is 10.1 Å². The van der Waals surface area contributed by atoms with Gasteiger partial charge in [0.05, 0.1) is 0 Å². The molecule has 0 saturated carbocycles. The fourth-order valence-corrected chi connectivity index (χ4v) is 4.10. The Morgan fingerprint density at radius 1 is 1.04 bits per heavy atom. The molecule has 0 aromatic heterocycles. The zero-order valence-corrected chi connectivity index (χ0v) is 15.2. The Labute approximate surface area is 154 Å². The number of rotatable bonds is 6. The van der Waals surface area contributed by atoms with E-state index in [4.69, 9.17) is 16.3 Å². The molecule has 2 bridgehead atoms. The van der Waals surface area contributed by atoms with Gasteiger partial charge in [-0.2, -0.15) is 0 Å². The largest absolute Gasteiger partial charge is 0.489 e. The van der Waals surface area contributed by atoms with Crippen molar-refractivity contribution in [3.63, 3.8) is 0 Å². The van der Waals surface area contributed by atoms with Gasteiger partial charge >= 0.3 is 0 Å². The highest BCUT2D eigenvalue weighted by Gasteiger charge is 2.33. The first-order chi connectivity index (χ1) is 12.3. The average molecular weight is 357 g/mol. The fourth-order valence-electron chi connectivity index (χ4n) is 3.97. The van der Waals surface area contributed by atoms with Crippen LogP contribution in [0.1, 0.15) is 24.0 Å². The minimum Gasteiger partial charge on any atom is -0.489 e. The van der Waals surface area contributed by atoms with Crippen LogP contribution in [0.5, 0.6) is 5.75 Å². The van der Waals surface area contributed by atoms with Gasteiger partial charge in [-0.15, -0.1) is 0 Å². The van der Waals surface area contributed by atoms with Crippen molar-refractivity contribution in [3.8, 4) is 5.75 Å². The van der Waals surface area contributed by atoms with E-state index in [1.54, 1.807) is 0 Å². The Morgan fingerprint density at radius 3 is 2.52 bits per heavy atom. The SMILES string of the molecule is Clc1ccc(COc2ccccc2CNC2CN3CCC2CC3)cc1. The maximum absolute atomic E-state index is 6.07. The summed E-state index contributed by atoms with van der Waals surface area (Å²) < 4.78 is 6.07. The summed E-state index contributed by atoms with van der Waals surface area (Å²) in [6, 6.07) is 16.8. The molecule has 0 amide bonds. The van der Waals surface area contributed by atoms with Crippen LogP contribution in [0.3, 0.4) is 0 Å². The monoisotopic (exact) mass is 356 g/mol. The first kappa shape index (κ1) is 16.9. The number of benzene rings is 2. The van der Waals surface area contributed by atoms with Gasteiger partial charge in [0.25, 0.3) is 0 Å². The van der Waals surface area contributed by atoms with Gasteiger partial charge in [0.1, 0.15) is 12.4 Å². The molecule has 3 heterocycles. The highest BCUT2D eigenvalue weighted by molar-refractivity contribution is 6.30. The van der Waals surface area contributed by atoms with Crippen LogP contribution in [0.25, 0.3) is 0 Å². The number of para-hydroxylation sites is 1. The quantitative estimate of drug-likeness (QED) is 0.843. The number of fused-ring (bicyclic) bond motifs is 3. The molecule has 1 unspecified atom stereocenters. The van der Waals surface area contributed by atoms with E-state index in [-0.39, 0.29) is 0 Å². The van der Waals surface area contributed by atoms with Gasteiger partial charge in [0, 0.05) is 29.7 Å². The predicted octanol–water partition coefficient (Wildman–Crippen LogP) is 4.10. The van der Waals surface area contributed by atoms with Gasteiger partial charge in [-0.3, -0.25) is 0 Å². The lowest BCUT2D eigenvalue weighted by atomic mass is 9.84. The number of hydrogen-bond acceptors (Lipinski definition) is 3. The Morgan fingerprint density at radius 2 is 1.80 bits per heavy atom. The van der Waals surface area contributed by atoms with Gasteiger partial charge in [-0.05, 0) is 55.6 Å². The smallest absolute Gasteiger partial charge is 0.124 e. The third-order valence-electron chi connectivity index (χ3n) is 5.49. The molecule has 3 saturated heterocycles. The highest BCUT2D eigenvalue weighted by Crippen LogP contribution is 2.28. The summed E-state index contributed by atoms with van der Waals surface area (Å²) in [6.45, 7) is 5.19. The van der Waals surface area contributed by atoms with Crippen molar-refractivity contribution in [2.45, 2.75) is 32.0 Å². The van der Waals surface area contributed by atoms with Gasteiger partial charge in [-0.25, -0.2) is 0 Å². The Hall–Kier alpha value is -1.55. The van der Waals surface area contributed by atoms with Crippen molar-refractivity contribution < 1.29 is 4.74 Å². The standard InChI is InChI=1S/C21H25ClN2O/c22-19-7-5-16(6-8-19)15-25-21-4-2-1-3-18(21)13-23-20-14-24-11-9-17(20)10-12-24/h1-8,17,20,23H,9-15H2. The number of ether oxygens (including phenoxy) is 1. The molecule has 5 rings (SSSR count). The van der Waals surface area contributed by atoms with Crippen molar-refractivity contribution in [2.75, 3.05) is 19.6 Å². The summed E-state index contributed by atoms with van der Waals surface area (Å²) in [4.78, 5) is 2.58. The summed E-state index contributed by atoms with van der Waals surface area (Å²) in [5, 5.41) is 4.53. The summed E-state index contributed by atoms with van der Waals surface area (Å²) >= 11 is 5.94.